The van der Waals surface area contributed by atoms with Gasteiger partial charge in [0.25, 0.3) is 5.56 Å². The normalized spacial score (nSPS) is 11.4. The molecule has 0 aliphatic rings. The number of aromatic nitrogens is 5. The molecule has 0 aliphatic carbocycles. The summed E-state index contributed by atoms with van der Waals surface area (Å²) >= 11 is 3.46. The fourth-order valence-corrected chi connectivity index (χ4v) is 4.36. The van der Waals surface area contributed by atoms with Crippen molar-refractivity contribution in [1.29, 1.82) is 0 Å². The van der Waals surface area contributed by atoms with Crippen LogP contribution in [0.25, 0.3) is 28.1 Å². The van der Waals surface area contributed by atoms with Crippen molar-refractivity contribution in [3.63, 3.8) is 0 Å². The molecule has 0 saturated carbocycles. The molecule has 0 saturated heterocycles. The Morgan fingerprint density at radius 2 is 1.88 bits per heavy atom. The lowest BCUT2D eigenvalue weighted by molar-refractivity contribution is 0.394. The van der Waals surface area contributed by atoms with Crippen molar-refractivity contribution >= 4 is 27.0 Å². The summed E-state index contributed by atoms with van der Waals surface area (Å²) in [4.78, 5) is 22.8. The number of hydrogen-bond acceptors (Lipinski definition) is 5. The van der Waals surface area contributed by atoms with Gasteiger partial charge in [-0.15, -0.1) is 0 Å². The third kappa shape index (κ3) is 4.33. The molecule has 8 heteroatoms. The SMILES string of the molecule is CCCCc1nc2ccn(-c3ccc(Br)cc3)c(=O)c2n1Cc1cccc(-c2noc(C)n2)c1. The molecule has 0 unspecified atom stereocenters. The van der Waals surface area contributed by atoms with E-state index < -0.39 is 0 Å². The Bertz CT molecular complexity index is 1510. The molecule has 0 bridgehead atoms. The molecule has 0 atom stereocenters. The summed E-state index contributed by atoms with van der Waals surface area (Å²) in [6, 6.07) is 17.6. The fourth-order valence-electron chi connectivity index (χ4n) is 4.10. The number of imidazole rings is 1. The maximum Gasteiger partial charge on any atom is 0.281 e. The van der Waals surface area contributed by atoms with Crippen molar-refractivity contribution in [1.82, 2.24) is 24.3 Å². The lowest BCUT2D eigenvalue weighted by atomic mass is 10.1. The lowest BCUT2D eigenvalue weighted by Gasteiger charge is -2.11. The third-order valence-corrected chi connectivity index (χ3v) is 6.32. The second-order valence-electron chi connectivity index (χ2n) is 8.26. The summed E-state index contributed by atoms with van der Waals surface area (Å²) in [6.07, 6.45) is 4.67. The highest BCUT2D eigenvalue weighted by Crippen LogP contribution is 2.22. The van der Waals surface area contributed by atoms with Crippen LogP contribution in [0, 0.1) is 6.92 Å². The van der Waals surface area contributed by atoms with Gasteiger partial charge in [0.05, 0.1) is 5.52 Å². The van der Waals surface area contributed by atoms with Crippen molar-refractivity contribution < 1.29 is 4.52 Å². The molecular formula is C26H24BrN5O2. The van der Waals surface area contributed by atoms with Gasteiger partial charge in [-0.3, -0.25) is 9.36 Å². The Hall–Kier alpha value is -3.52. The molecule has 7 nitrogen and oxygen atoms in total. The van der Waals surface area contributed by atoms with Gasteiger partial charge in [-0.2, -0.15) is 4.98 Å². The average molecular weight is 518 g/mol. The van der Waals surface area contributed by atoms with Crippen molar-refractivity contribution in [2.45, 2.75) is 39.7 Å². The zero-order chi connectivity index (χ0) is 23.7. The highest BCUT2D eigenvalue weighted by Gasteiger charge is 2.17. The van der Waals surface area contributed by atoms with Crippen LogP contribution >= 0.6 is 15.9 Å². The Balaban J connectivity index is 1.62. The van der Waals surface area contributed by atoms with E-state index in [1.165, 1.54) is 0 Å². The van der Waals surface area contributed by atoms with Crippen LogP contribution in [0.3, 0.4) is 0 Å². The first-order valence-electron chi connectivity index (χ1n) is 11.3. The van der Waals surface area contributed by atoms with Crippen LogP contribution in [0.4, 0.5) is 0 Å². The summed E-state index contributed by atoms with van der Waals surface area (Å²) in [5.41, 5.74) is 3.97. The van der Waals surface area contributed by atoms with Crippen molar-refractivity contribution in [3.05, 3.63) is 92.9 Å². The molecule has 0 N–H and O–H groups in total. The number of halogens is 1. The van der Waals surface area contributed by atoms with Crippen LogP contribution in [-0.2, 0) is 13.0 Å². The number of hydrogen-bond donors (Lipinski definition) is 0. The molecule has 0 radical (unpaired) electrons. The van der Waals surface area contributed by atoms with E-state index in [2.05, 4.69) is 37.6 Å². The third-order valence-electron chi connectivity index (χ3n) is 5.79. The van der Waals surface area contributed by atoms with Gasteiger partial charge in [0.15, 0.2) is 0 Å². The molecule has 5 aromatic rings. The smallest absolute Gasteiger partial charge is 0.281 e. The lowest BCUT2D eigenvalue weighted by Crippen LogP contribution is -2.21. The Labute approximate surface area is 205 Å². The maximum absolute atomic E-state index is 13.7. The standard InChI is InChI=1S/C26H24BrN5O2/c1-3-4-8-23-29-22-13-14-31(21-11-9-20(27)10-12-21)26(33)24(22)32(23)16-18-6-5-7-19(15-18)25-28-17(2)34-30-25/h5-7,9-15H,3-4,8,16H2,1-2H3. The average Bonchev–Trinajstić information content (AvgIpc) is 3.43. The summed E-state index contributed by atoms with van der Waals surface area (Å²) in [6.45, 7) is 4.46. The van der Waals surface area contributed by atoms with Crippen LogP contribution in [0.5, 0.6) is 0 Å². The first kappa shape index (κ1) is 22.3. The minimum Gasteiger partial charge on any atom is -0.339 e. The van der Waals surface area contributed by atoms with E-state index in [9.17, 15) is 4.79 Å². The first-order chi connectivity index (χ1) is 16.5. The van der Waals surface area contributed by atoms with Crippen LogP contribution in [0.15, 0.2) is 74.6 Å². The topological polar surface area (TPSA) is 78.7 Å². The molecule has 3 heterocycles. The van der Waals surface area contributed by atoms with Gasteiger partial charge in [-0.1, -0.05) is 52.6 Å². The summed E-state index contributed by atoms with van der Waals surface area (Å²) in [5.74, 6) is 2.00. The maximum atomic E-state index is 13.7. The minimum absolute atomic E-state index is 0.0833. The zero-order valence-corrected chi connectivity index (χ0v) is 20.6. The molecule has 0 amide bonds. The molecule has 5 rings (SSSR count). The van der Waals surface area contributed by atoms with Crippen molar-refractivity contribution in [2.24, 2.45) is 0 Å². The number of unbranched alkanes of at least 4 members (excludes halogenated alkanes) is 1. The molecule has 2 aromatic carbocycles. The van der Waals surface area contributed by atoms with Crippen LogP contribution in [0.2, 0.25) is 0 Å². The predicted octanol–water partition coefficient (Wildman–Crippen LogP) is 5.70. The molecule has 0 fully saturated rings. The Kier molecular flexibility index (Phi) is 6.15. The molecule has 3 aromatic heterocycles. The molecule has 34 heavy (non-hydrogen) atoms. The van der Waals surface area contributed by atoms with Crippen molar-refractivity contribution in [2.75, 3.05) is 0 Å². The van der Waals surface area contributed by atoms with Gasteiger partial charge in [0.1, 0.15) is 11.3 Å². The zero-order valence-electron chi connectivity index (χ0n) is 19.0. The van der Waals surface area contributed by atoms with Crippen LogP contribution in [-0.4, -0.2) is 24.3 Å². The van der Waals surface area contributed by atoms with E-state index in [4.69, 9.17) is 9.51 Å². The highest BCUT2D eigenvalue weighted by molar-refractivity contribution is 9.10. The predicted molar refractivity (Wildman–Crippen MR) is 135 cm³/mol. The van der Waals surface area contributed by atoms with Gasteiger partial charge in [-0.05, 0) is 48.4 Å². The van der Waals surface area contributed by atoms with Gasteiger partial charge in [0, 0.05) is 41.8 Å². The van der Waals surface area contributed by atoms with Gasteiger partial charge in [0.2, 0.25) is 11.7 Å². The van der Waals surface area contributed by atoms with Gasteiger partial charge in [-0.25, -0.2) is 4.98 Å². The monoisotopic (exact) mass is 517 g/mol. The van der Waals surface area contributed by atoms with E-state index >= 15 is 0 Å². The summed E-state index contributed by atoms with van der Waals surface area (Å²) in [5, 5.41) is 4.04. The van der Waals surface area contributed by atoms with E-state index in [0.29, 0.717) is 23.8 Å². The number of pyridine rings is 1. The number of benzene rings is 2. The fraction of sp³-hybridized carbons (Fsp3) is 0.231. The number of fused-ring (bicyclic) bond motifs is 1. The number of aryl methyl sites for hydroxylation is 2. The number of nitrogens with zero attached hydrogens (tertiary/aromatic N) is 5. The van der Waals surface area contributed by atoms with E-state index in [-0.39, 0.29) is 5.56 Å². The van der Waals surface area contributed by atoms with E-state index in [0.717, 1.165) is 51.9 Å². The second kappa shape index (κ2) is 9.38. The van der Waals surface area contributed by atoms with Crippen LogP contribution < -0.4 is 5.56 Å². The first-order valence-corrected chi connectivity index (χ1v) is 12.1. The Morgan fingerprint density at radius 3 is 2.62 bits per heavy atom. The molecule has 172 valence electrons. The van der Waals surface area contributed by atoms with Crippen molar-refractivity contribution in [3.8, 4) is 17.1 Å². The summed E-state index contributed by atoms with van der Waals surface area (Å²) in [7, 11) is 0. The van der Waals surface area contributed by atoms with E-state index in [1.54, 1.807) is 17.7 Å². The van der Waals surface area contributed by atoms with Crippen LogP contribution in [0.1, 0.15) is 37.0 Å². The minimum atomic E-state index is -0.0833. The van der Waals surface area contributed by atoms with E-state index in [1.807, 2.05) is 54.6 Å². The molecular weight excluding hydrogens is 494 g/mol. The number of rotatable bonds is 7. The van der Waals surface area contributed by atoms with Gasteiger partial charge < -0.3 is 9.09 Å². The quantitative estimate of drug-likeness (QED) is 0.276. The molecule has 0 spiro atoms. The second-order valence-corrected chi connectivity index (χ2v) is 9.17. The Morgan fingerprint density at radius 1 is 1.06 bits per heavy atom. The summed E-state index contributed by atoms with van der Waals surface area (Å²) < 4.78 is 9.84. The highest BCUT2D eigenvalue weighted by atomic mass is 79.9. The van der Waals surface area contributed by atoms with Gasteiger partial charge >= 0.3 is 0 Å². The molecule has 0 aliphatic heterocycles. The largest absolute Gasteiger partial charge is 0.339 e.